The smallest absolute Gasteiger partial charge is 0.872 e. The van der Waals surface area contributed by atoms with Crippen molar-refractivity contribution in [2.45, 2.75) is 64.3 Å². The summed E-state index contributed by atoms with van der Waals surface area (Å²) >= 11 is 0. The number of aliphatic carboxylic acids is 1. The van der Waals surface area contributed by atoms with Gasteiger partial charge in [-0.2, -0.15) is 0 Å². The molecular weight excluding hydrogens is 503 g/mol. The molecule has 1 aliphatic carbocycles. The second kappa shape index (κ2) is 13.3. The van der Waals surface area contributed by atoms with Crippen LogP contribution in [0.5, 0.6) is 5.75 Å². The van der Waals surface area contributed by atoms with Crippen LogP contribution in [0.2, 0.25) is 0 Å². The second-order valence-corrected chi connectivity index (χ2v) is 6.28. The van der Waals surface area contributed by atoms with Gasteiger partial charge in [-0.1, -0.05) is 37.1 Å². The first kappa shape index (κ1) is 24.1. The quantitative estimate of drug-likeness (QED) is 0.546. The maximum absolute atomic E-state index is 11.5. The topological polar surface area (TPSA) is 110 Å². The van der Waals surface area contributed by atoms with Gasteiger partial charge in [0, 0.05) is 18.6 Å². The number of rotatable bonds is 6. The minimum Gasteiger partial charge on any atom is -0.872 e. The minimum atomic E-state index is -1.17. The molecule has 0 saturated heterocycles. The molecule has 6 nitrogen and oxygen atoms in total. The molecule has 0 aromatic heterocycles. The third-order valence-electron chi connectivity index (χ3n) is 3.88. The van der Waals surface area contributed by atoms with Gasteiger partial charge in [0.1, 0.15) is 0 Å². The van der Waals surface area contributed by atoms with Crippen LogP contribution in [0.4, 0.5) is 0 Å². The fraction of sp³-hybridized carbons (Fsp3) is 0.611. The molecule has 0 amide bonds. The Bertz CT molecular complexity index is 500. The average molecular weight is 532 g/mol. The summed E-state index contributed by atoms with van der Waals surface area (Å²) in [6.45, 7) is 3.86. The predicted molar refractivity (Wildman–Crippen MR) is 89.1 cm³/mol. The van der Waals surface area contributed by atoms with Gasteiger partial charge in [0.15, 0.2) is 0 Å². The van der Waals surface area contributed by atoms with Crippen LogP contribution < -0.4 is 21.3 Å². The number of nitrogens with two attached hydrogens (primary N) is 1. The number of carboxylic acid groups (broad SMARTS) is 1. The Morgan fingerprint density at radius 3 is 2.48 bits per heavy atom. The molecule has 0 aliphatic heterocycles. The van der Waals surface area contributed by atoms with Crippen molar-refractivity contribution in [1.29, 1.82) is 0 Å². The molecular formula is C18H28N2O4Pt. The maximum atomic E-state index is 11.5. The van der Waals surface area contributed by atoms with Crippen LogP contribution in [0.3, 0.4) is 0 Å². The van der Waals surface area contributed by atoms with E-state index in [2.05, 4.69) is 10.1 Å². The van der Waals surface area contributed by atoms with Crippen molar-refractivity contribution in [3.8, 4) is 5.75 Å². The number of carbonyl (C=O) groups excluding carboxylic acids is 1. The van der Waals surface area contributed by atoms with Crippen molar-refractivity contribution in [1.82, 2.24) is 5.32 Å². The Hall–Kier alpha value is -0.942. The first-order valence-electron chi connectivity index (χ1n) is 8.45. The van der Waals surface area contributed by atoms with E-state index in [0.29, 0.717) is 12.6 Å². The Balaban J connectivity index is 0.000000552. The molecule has 3 N–H and O–H groups in total. The molecule has 7 heteroatoms. The Morgan fingerprint density at radius 2 is 1.96 bits per heavy atom. The van der Waals surface area contributed by atoms with Crippen LogP contribution in [-0.4, -0.2) is 30.8 Å². The van der Waals surface area contributed by atoms with Crippen molar-refractivity contribution >= 4 is 5.97 Å². The van der Waals surface area contributed by atoms with Gasteiger partial charge >= 0.3 is 21.1 Å². The van der Waals surface area contributed by atoms with Crippen molar-refractivity contribution in [2.75, 3.05) is 6.61 Å². The Kier molecular flexibility index (Phi) is 12.8. The van der Waals surface area contributed by atoms with Crippen LogP contribution in [0.25, 0.3) is 0 Å². The SMILES string of the molecule is CC(C)OCC(=O)[O-].N[C@@H]1CCCC[C@H]1NCc1ccccc1[O-].[Pt+2]. The van der Waals surface area contributed by atoms with E-state index in [-0.39, 0.29) is 45.6 Å². The van der Waals surface area contributed by atoms with Gasteiger partial charge in [0.25, 0.3) is 0 Å². The van der Waals surface area contributed by atoms with Gasteiger partial charge in [0.2, 0.25) is 0 Å². The van der Waals surface area contributed by atoms with Crippen molar-refractivity contribution in [2.24, 2.45) is 5.73 Å². The summed E-state index contributed by atoms with van der Waals surface area (Å²) in [5, 5.41) is 24.6. The van der Waals surface area contributed by atoms with E-state index in [1.165, 1.54) is 12.8 Å². The second-order valence-electron chi connectivity index (χ2n) is 6.28. The molecule has 2 atom stereocenters. The average Bonchev–Trinajstić information content (AvgIpc) is 2.54. The molecule has 0 heterocycles. The Morgan fingerprint density at radius 1 is 1.32 bits per heavy atom. The third kappa shape index (κ3) is 10.6. The molecule has 1 aromatic carbocycles. The summed E-state index contributed by atoms with van der Waals surface area (Å²) in [6, 6.07) is 7.78. The molecule has 1 aliphatic rings. The summed E-state index contributed by atoms with van der Waals surface area (Å²) in [7, 11) is 0. The molecule has 2 rings (SSSR count). The first-order chi connectivity index (χ1) is 11.4. The number of ether oxygens (including phenoxy) is 1. The number of benzene rings is 1. The van der Waals surface area contributed by atoms with E-state index in [0.717, 1.165) is 18.4 Å². The minimum absolute atomic E-state index is 0. The first-order valence-corrected chi connectivity index (χ1v) is 8.45. The van der Waals surface area contributed by atoms with Gasteiger partial charge < -0.3 is 30.8 Å². The fourth-order valence-electron chi connectivity index (χ4n) is 2.54. The zero-order valence-corrected chi connectivity index (χ0v) is 17.1. The Labute approximate surface area is 164 Å². The van der Waals surface area contributed by atoms with E-state index >= 15 is 0 Å². The number of para-hydroxylation sites is 1. The van der Waals surface area contributed by atoms with Gasteiger partial charge in [-0.3, -0.25) is 0 Å². The van der Waals surface area contributed by atoms with Crippen LogP contribution in [-0.2, 0) is 37.1 Å². The van der Waals surface area contributed by atoms with E-state index < -0.39 is 5.97 Å². The zero-order valence-electron chi connectivity index (χ0n) is 14.8. The number of carboxylic acids is 1. The summed E-state index contributed by atoms with van der Waals surface area (Å²) in [6.07, 6.45) is 4.66. The van der Waals surface area contributed by atoms with Gasteiger partial charge in [-0.25, -0.2) is 0 Å². The molecule has 144 valence electrons. The van der Waals surface area contributed by atoms with E-state index in [4.69, 9.17) is 5.73 Å². The van der Waals surface area contributed by atoms with Gasteiger partial charge in [-0.05, 0) is 32.3 Å². The molecule has 0 bridgehead atoms. The largest absolute Gasteiger partial charge is 2.00 e. The summed E-state index contributed by atoms with van der Waals surface area (Å²) in [5.74, 6) is -1.06. The standard InChI is InChI=1S/C13H20N2O.C5H10O3.Pt/c14-11-6-2-3-7-12(11)15-9-10-5-1-4-8-13(10)16;1-4(2)8-3-5(6)7;/h1,4-5,8,11-12,15-16H,2-3,6-7,9,14H2;4H,3H2,1-2H3,(H,6,7);/q;;+2/p-2/t11-,12-;;/m1../s1. The normalized spacial score (nSPS) is 19.5. The molecule has 25 heavy (non-hydrogen) atoms. The fourth-order valence-corrected chi connectivity index (χ4v) is 2.54. The predicted octanol–water partition coefficient (Wildman–Crippen LogP) is 0.279. The van der Waals surface area contributed by atoms with Crippen LogP contribution in [0.15, 0.2) is 24.3 Å². The molecule has 1 saturated carbocycles. The summed E-state index contributed by atoms with van der Waals surface area (Å²) in [4.78, 5) is 9.67. The number of hydrogen-bond acceptors (Lipinski definition) is 6. The van der Waals surface area contributed by atoms with Crippen LogP contribution in [0, 0.1) is 0 Å². The molecule has 0 unspecified atom stereocenters. The van der Waals surface area contributed by atoms with Crippen LogP contribution >= 0.6 is 0 Å². The molecule has 1 fully saturated rings. The van der Waals surface area contributed by atoms with E-state index in [9.17, 15) is 15.0 Å². The number of nitrogens with one attached hydrogen (secondary N) is 1. The van der Waals surface area contributed by atoms with Crippen molar-refractivity contribution in [3.05, 3.63) is 29.8 Å². The molecule has 0 spiro atoms. The van der Waals surface area contributed by atoms with Crippen LogP contribution in [0.1, 0.15) is 45.1 Å². The monoisotopic (exact) mass is 531 g/mol. The summed E-state index contributed by atoms with van der Waals surface area (Å²) in [5.41, 5.74) is 6.87. The van der Waals surface area contributed by atoms with Crippen molar-refractivity contribution < 1.29 is 40.8 Å². The van der Waals surface area contributed by atoms with Gasteiger partial charge in [-0.15, -0.1) is 5.75 Å². The van der Waals surface area contributed by atoms with Crippen molar-refractivity contribution in [3.63, 3.8) is 0 Å². The number of hydrogen-bond donors (Lipinski definition) is 2. The maximum Gasteiger partial charge on any atom is 2.00 e. The van der Waals surface area contributed by atoms with E-state index in [1.807, 2.05) is 12.1 Å². The third-order valence-corrected chi connectivity index (χ3v) is 3.88. The molecule has 1 aromatic rings. The zero-order chi connectivity index (χ0) is 17.9. The number of carbonyl (C=O) groups is 1. The van der Waals surface area contributed by atoms with Gasteiger partial charge in [0.05, 0.1) is 18.7 Å². The molecule has 0 radical (unpaired) electrons. The summed E-state index contributed by atoms with van der Waals surface area (Å²) < 4.78 is 4.64. The van der Waals surface area contributed by atoms with E-state index in [1.54, 1.807) is 26.0 Å².